The highest BCUT2D eigenvalue weighted by atomic mass is 35.5. The van der Waals surface area contributed by atoms with E-state index in [0.717, 1.165) is 5.56 Å². The third-order valence-electron chi connectivity index (χ3n) is 4.61. The van der Waals surface area contributed by atoms with Gasteiger partial charge in [-0.25, -0.2) is 0 Å². The molecule has 0 aromatic heterocycles. The molecule has 7 heteroatoms. The first kappa shape index (κ1) is 23.5. The summed E-state index contributed by atoms with van der Waals surface area (Å²) in [6, 6.07) is 12.5. The molecule has 2 aromatic carbocycles. The summed E-state index contributed by atoms with van der Waals surface area (Å²) < 4.78 is 15.6. The lowest BCUT2D eigenvalue weighted by molar-refractivity contribution is -0.143. The van der Waals surface area contributed by atoms with Crippen molar-refractivity contribution < 1.29 is 23.8 Å². The van der Waals surface area contributed by atoms with Crippen LogP contribution in [0.4, 0.5) is 0 Å². The molecule has 2 aromatic rings. The maximum Gasteiger partial charge on any atom is 0.305 e. The van der Waals surface area contributed by atoms with E-state index in [2.05, 4.69) is 0 Å². The maximum absolute atomic E-state index is 13.0. The smallest absolute Gasteiger partial charge is 0.305 e. The summed E-state index contributed by atoms with van der Waals surface area (Å²) in [4.78, 5) is 26.4. The minimum atomic E-state index is -0.253. The second kappa shape index (κ2) is 12.1. The lowest BCUT2D eigenvalue weighted by Gasteiger charge is -2.23. The molecule has 0 saturated heterocycles. The second-order valence-corrected chi connectivity index (χ2v) is 7.08. The molecular weight excluding hydrogens is 406 g/mol. The summed E-state index contributed by atoms with van der Waals surface area (Å²) in [7, 11) is 3.18. The van der Waals surface area contributed by atoms with E-state index in [0.29, 0.717) is 54.6 Å². The predicted molar refractivity (Wildman–Crippen MR) is 116 cm³/mol. The van der Waals surface area contributed by atoms with Crippen molar-refractivity contribution in [2.45, 2.75) is 26.2 Å². The van der Waals surface area contributed by atoms with Crippen molar-refractivity contribution in [1.29, 1.82) is 0 Å². The zero-order valence-electron chi connectivity index (χ0n) is 17.7. The summed E-state index contributed by atoms with van der Waals surface area (Å²) in [5.74, 6) is 0.949. The van der Waals surface area contributed by atoms with E-state index in [4.69, 9.17) is 25.8 Å². The minimum absolute atomic E-state index is 0.101. The van der Waals surface area contributed by atoms with Crippen molar-refractivity contribution in [2.24, 2.45) is 0 Å². The van der Waals surface area contributed by atoms with Gasteiger partial charge in [0.1, 0.15) is 0 Å². The Morgan fingerprint density at radius 1 is 0.967 bits per heavy atom. The van der Waals surface area contributed by atoms with E-state index in [1.165, 1.54) is 0 Å². The molecule has 162 valence electrons. The van der Waals surface area contributed by atoms with E-state index in [1.54, 1.807) is 50.3 Å². The predicted octanol–water partition coefficient (Wildman–Crippen LogP) is 4.39. The van der Waals surface area contributed by atoms with Crippen LogP contribution in [-0.2, 0) is 16.0 Å². The van der Waals surface area contributed by atoms with Crippen LogP contribution in [0.5, 0.6) is 11.5 Å². The number of benzene rings is 2. The van der Waals surface area contributed by atoms with E-state index in [-0.39, 0.29) is 18.3 Å². The highest BCUT2D eigenvalue weighted by molar-refractivity contribution is 6.30. The summed E-state index contributed by atoms with van der Waals surface area (Å²) in [6.07, 6.45) is 1.44. The van der Waals surface area contributed by atoms with Crippen molar-refractivity contribution in [3.05, 3.63) is 58.6 Å². The van der Waals surface area contributed by atoms with Gasteiger partial charge in [-0.05, 0) is 61.7 Å². The van der Waals surface area contributed by atoms with Crippen molar-refractivity contribution in [1.82, 2.24) is 4.90 Å². The number of halogens is 1. The first-order chi connectivity index (χ1) is 14.5. The van der Waals surface area contributed by atoms with Crippen LogP contribution in [0.15, 0.2) is 42.5 Å². The topological polar surface area (TPSA) is 65.1 Å². The van der Waals surface area contributed by atoms with Crippen LogP contribution in [0, 0.1) is 0 Å². The van der Waals surface area contributed by atoms with Gasteiger partial charge in [0.05, 0.1) is 20.8 Å². The van der Waals surface area contributed by atoms with Gasteiger partial charge in [-0.3, -0.25) is 9.59 Å². The average molecular weight is 434 g/mol. The fourth-order valence-corrected chi connectivity index (χ4v) is 3.16. The molecule has 0 spiro atoms. The van der Waals surface area contributed by atoms with Gasteiger partial charge in [0, 0.05) is 30.1 Å². The molecule has 0 N–H and O–H groups in total. The van der Waals surface area contributed by atoms with Crippen molar-refractivity contribution in [3.63, 3.8) is 0 Å². The first-order valence-corrected chi connectivity index (χ1v) is 10.3. The summed E-state index contributed by atoms with van der Waals surface area (Å²) in [5.41, 5.74) is 1.58. The molecule has 30 heavy (non-hydrogen) atoms. The lowest BCUT2D eigenvalue weighted by atomic mass is 10.1. The van der Waals surface area contributed by atoms with Crippen LogP contribution in [0.2, 0.25) is 5.02 Å². The Balaban J connectivity index is 2.09. The fraction of sp³-hybridized carbons (Fsp3) is 0.391. The number of ether oxygens (including phenoxy) is 3. The Bertz CT molecular complexity index is 838. The first-order valence-electron chi connectivity index (χ1n) is 9.89. The molecule has 0 aliphatic carbocycles. The number of carbonyl (C=O) groups excluding carboxylic acids is 2. The van der Waals surface area contributed by atoms with Gasteiger partial charge >= 0.3 is 5.97 Å². The molecule has 1 amide bonds. The number of carbonyl (C=O) groups is 2. The van der Waals surface area contributed by atoms with Gasteiger partial charge in [0.25, 0.3) is 5.91 Å². The number of hydrogen-bond acceptors (Lipinski definition) is 5. The van der Waals surface area contributed by atoms with Crippen LogP contribution in [-0.4, -0.2) is 50.7 Å². The monoisotopic (exact) mass is 433 g/mol. The number of methoxy groups -OCH3 is 2. The third kappa shape index (κ3) is 6.95. The van der Waals surface area contributed by atoms with Gasteiger partial charge < -0.3 is 19.1 Å². The van der Waals surface area contributed by atoms with Crippen LogP contribution < -0.4 is 9.47 Å². The average Bonchev–Trinajstić information content (AvgIpc) is 2.76. The lowest BCUT2D eigenvalue weighted by Crippen LogP contribution is -2.34. The highest BCUT2D eigenvalue weighted by Gasteiger charge is 2.17. The molecule has 0 unspecified atom stereocenters. The third-order valence-corrected chi connectivity index (χ3v) is 4.86. The number of hydrogen-bond donors (Lipinski definition) is 0. The molecule has 2 rings (SSSR count). The molecule has 0 atom stereocenters. The normalized spacial score (nSPS) is 10.4. The van der Waals surface area contributed by atoms with E-state index >= 15 is 0 Å². The zero-order valence-corrected chi connectivity index (χ0v) is 18.4. The fourth-order valence-electron chi connectivity index (χ4n) is 3.04. The largest absolute Gasteiger partial charge is 0.493 e. The van der Waals surface area contributed by atoms with E-state index < -0.39 is 0 Å². The number of esters is 1. The number of nitrogens with zero attached hydrogens (tertiary/aromatic N) is 1. The van der Waals surface area contributed by atoms with Crippen LogP contribution in [0.3, 0.4) is 0 Å². The van der Waals surface area contributed by atoms with Crippen LogP contribution >= 0.6 is 11.6 Å². The SMILES string of the molecule is CCOC(=O)CCCN(CCc1ccc(OC)c(OC)c1)C(=O)c1ccc(Cl)cc1. The maximum atomic E-state index is 13.0. The molecule has 0 saturated carbocycles. The van der Waals surface area contributed by atoms with Crippen molar-refractivity contribution in [2.75, 3.05) is 33.9 Å². The molecule has 0 bridgehead atoms. The van der Waals surface area contributed by atoms with Gasteiger partial charge in [-0.1, -0.05) is 17.7 Å². The minimum Gasteiger partial charge on any atom is -0.493 e. The molecule has 0 aliphatic rings. The molecule has 0 aliphatic heterocycles. The standard InChI is InChI=1S/C23H28ClNO5/c1-4-30-22(26)6-5-14-25(23(27)18-8-10-19(24)11-9-18)15-13-17-7-12-20(28-2)21(16-17)29-3/h7-12,16H,4-6,13-15H2,1-3H3. The van der Waals surface area contributed by atoms with E-state index in [9.17, 15) is 9.59 Å². The highest BCUT2D eigenvalue weighted by Crippen LogP contribution is 2.27. The van der Waals surface area contributed by atoms with Gasteiger partial charge in [0.2, 0.25) is 0 Å². The molecular formula is C23H28ClNO5. The van der Waals surface area contributed by atoms with Gasteiger partial charge in [0.15, 0.2) is 11.5 Å². The van der Waals surface area contributed by atoms with Crippen LogP contribution in [0.25, 0.3) is 0 Å². The molecule has 0 heterocycles. The Morgan fingerprint density at radius 2 is 1.67 bits per heavy atom. The Labute approximate surface area is 182 Å². The summed E-state index contributed by atoms with van der Waals surface area (Å²) in [5, 5.41) is 0.575. The van der Waals surface area contributed by atoms with E-state index in [1.807, 2.05) is 18.2 Å². The van der Waals surface area contributed by atoms with Gasteiger partial charge in [-0.15, -0.1) is 0 Å². The van der Waals surface area contributed by atoms with Crippen LogP contribution in [0.1, 0.15) is 35.7 Å². The number of rotatable bonds is 11. The van der Waals surface area contributed by atoms with Gasteiger partial charge in [-0.2, -0.15) is 0 Å². The molecule has 0 radical (unpaired) electrons. The Morgan fingerprint density at radius 3 is 2.30 bits per heavy atom. The quantitative estimate of drug-likeness (QED) is 0.492. The summed E-state index contributed by atoms with van der Waals surface area (Å²) in [6.45, 7) is 3.08. The number of amides is 1. The summed E-state index contributed by atoms with van der Waals surface area (Å²) >= 11 is 5.94. The zero-order chi connectivity index (χ0) is 21.9. The Kier molecular flexibility index (Phi) is 9.48. The van der Waals surface area contributed by atoms with Crippen molar-refractivity contribution >= 4 is 23.5 Å². The Hall–Kier alpha value is -2.73. The second-order valence-electron chi connectivity index (χ2n) is 6.65. The molecule has 0 fully saturated rings. The molecule has 6 nitrogen and oxygen atoms in total. The van der Waals surface area contributed by atoms with Crippen molar-refractivity contribution in [3.8, 4) is 11.5 Å².